The van der Waals surface area contributed by atoms with Crippen molar-refractivity contribution in [1.29, 1.82) is 0 Å². The number of carbonyl (C=O) groups is 1. The van der Waals surface area contributed by atoms with Gasteiger partial charge in [0.25, 0.3) is 5.91 Å². The lowest BCUT2D eigenvalue weighted by molar-refractivity contribution is -0.121. The van der Waals surface area contributed by atoms with Gasteiger partial charge in [-0.05, 0) is 45.0 Å². The molecule has 0 saturated heterocycles. The summed E-state index contributed by atoms with van der Waals surface area (Å²) >= 11 is 0. The predicted octanol–water partition coefficient (Wildman–Crippen LogP) is 1.58. The normalized spacial score (nSPS) is 16.2. The summed E-state index contributed by atoms with van der Waals surface area (Å²) in [5.74, 6) is 0.834. The van der Waals surface area contributed by atoms with Crippen LogP contribution in [0.4, 0.5) is 5.69 Å². The number of likely N-dealkylation sites (N-methyl/N-ethyl adjacent to an activating group) is 2. The van der Waals surface area contributed by atoms with Crippen molar-refractivity contribution >= 4 is 11.6 Å². The van der Waals surface area contributed by atoms with Crippen molar-refractivity contribution < 1.29 is 9.53 Å². The molecule has 1 aliphatic rings. The lowest BCUT2D eigenvalue weighted by Gasteiger charge is -2.29. The van der Waals surface area contributed by atoms with Gasteiger partial charge >= 0.3 is 0 Å². The van der Waals surface area contributed by atoms with Crippen LogP contribution in [-0.4, -0.2) is 32.1 Å². The van der Waals surface area contributed by atoms with Gasteiger partial charge in [0.15, 0.2) is 6.61 Å². The monoisotopic (exact) mass is 248 g/mol. The van der Waals surface area contributed by atoms with E-state index >= 15 is 0 Å². The molecule has 1 aliphatic heterocycles. The summed E-state index contributed by atoms with van der Waals surface area (Å²) in [6.45, 7) is 4.95. The maximum atomic E-state index is 11.8. The minimum absolute atomic E-state index is 0.0313. The Bertz CT molecular complexity index is 445. The Kier molecular flexibility index (Phi) is 3.87. The van der Waals surface area contributed by atoms with Gasteiger partial charge in [-0.2, -0.15) is 0 Å². The van der Waals surface area contributed by atoms with Crippen LogP contribution < -0.4 is 15.0 Å². The summed E-state index contributed by atoms with van der Waals surface area (Å²) in [5.41, 5.74) is 2.11. The van der Waals surface area contributed by atoms with E-state index in [-0.39, 0.29) is 12.5 Å². The molecule has 0 radical (unpaired) electrons. The van der Waals surface area contributed by atoms with E-state index < -0.39 is 0 Å². The third-order valence-corrected chi connectivity index (χ3v) is 3.32. The summed E-state index contributed by atoms with van der Waals surface area (Å²) in [4.78, 5) is 13.6. The Morgan fingerprint density at radius 3 is 2.94 bits per heavy atom. The largest absolute Gasteiger partial charge is 0.482 e. The first kappa shape index (κ1) is 12.9. The van der Waals surface area contributed by atoms with Crippen molar-refractivity contribution in [3.63, 3.8) is 0 Å². The molecule has 1 unspecified atom stereocenters. The fraction of sp³-hybridized carbons (Fsp3) is 0.500. The topological polar surface area (TPSA) is 41.6 Å². The summed E-state index contributed by atoms with van der Waals surface area (Å²) in [6.07, 6.45) is 0.940. The zero-order chi connectivity index (χ0) is 13.1. The molecule has 0 spiro atoms. The molecule has 0 saturated carbocycles. The zero-order valence-electron chi connectivity index (χ0n) is 11.2. The van der Waals surface area contributed by atoms with Gasteiger partial charge in [-0.1, -0.05) is 6.07 Å². The van der Waals surface area contributed by atoms with E-state index in [1.165, 1.54) is 5.56 Å². The van der Waals surface area contributed by atoms with Gasteiger partial charge in [-0.15, -0.1) is 0 Å². The van der Waals surface area contributed by atoms with Crippen LogP contribution in [-0.2, 0) is 11.2 Å². The number of ether oxygens (including phenoxy) is 1. The van der Waals surface area contributed by atoms with Crippen LogP contribution in [0.5, 0.6) is 5.75 Å². The molecule has 18 heavy (non-hydrogen) atoms. The number of hydrogen-bond donors (Lipinski definition) is 1. The summed E-state index contributed by atoms with van der Waals surface area (Å²) in [5, 5.41) is 3.22. The molecule has 0 aliphatic carbocycles. The molecule has 0 aromatic heterocycles. The highest BCUT2D eigenvalue weighted by Crippen LogP contribution is 2.33. The fourth-order valence-electron chi connectivity index (χ4n) is 2.18. The minimum Gasteiger partial charge on any atom is -0.482 e. The number of fused-ring (bicyclic) bond motifs is 1. The van der Waals surface area contributed by atoms with E-state index in [2.05, 4.69) is 24.4 Å². The van der Waals surface area contributed by atoms with Crippen molar-refractivity contribution in [2.24, 2.45) is 0 Å². The molecule has 98 valence electrons. The van der Waals surface area contributed by atoms with Crippen LogP contribution in [0.1, 0.15) is 19.4 Å². The van der Waals surface area contributed by atoms with Crippen molar-refractivity contribution in [3.8, 4) is 5.75 Å². The average molecular weight is 248 g/mol. The second-order valence-electron chi connectivity index (χ2n) is 4.62. The fourth-order valence-corrected chi connectivity index (χ4v) is 2.18. The minimum atomic E-state index is 0.0313. The molecule has 4 nitrogen and oxygen atoms in total. The van der Waals surface area contributed by atoms with Gasteiger partial charge in [0, 0.05) is 12.6 Å². The van der Waals surface area contributed by atoms with E-state index in [1.807, 2.05) is 20.0 Å². The van der Waals surface area contributed by atoms with Gasteiger partial charge in [-0.3, -0.25) is 4.79 Å². The van der Waals surface area contributed by atoms with E-state index in [1.54, 1.807) is 4.90 Å². The van der Waals surface area contributed by atoms with Crippen LogP contribution in [0.25, 0.3) is 0 Å². The summed E-state index contributed by atoms with van der Waals surface area (Å²) in [7, 11) is 1.95. The van der Waals surface area contributed by atoms with Crippen LogP contribution in [0, 0.1) is 0 Å². The van der Waals surface area contributed by atoms with Crippen LogP contribution >= 0.6 is 0 Å². The Balaban J connectivity index is 2.29. The SMILES string of the molecule is CCN1C(=O)COc2ccc(CC(C)NC)cc21. The molecule has 4 heteroatoms. The number of hydrogen-bond acceptors (Lipinski definition) is 3. The van der Waals surface area contributed by atoms with Crippen molar-refractivity contribution in [3.05, 3.63) is 23.8 Å². The lowest BCUT2D eigenvalue weighted by Crippen LogP contribution is -2.38. The number of amides is 1. The Morgan fingerprint density at radius 1 is 1.50 bits per heavy atom. The number of nitrogens with one attached hydrogen (secondary N) is 1. The molecule has 1 N–H and O–H groups in total. The average Bonchev–Trinajstić information content (AvgIpc) is 2.38. The number of benzene rings is 1. The number of anilines is 1. The molecular weight excluding hydrogens is 228 g/mol. The van der Waals surface area contributed by atoms with Gasteiger partial charge in [0.1, 0.15) is 5.75 Å². The van der Waals surface area contributed by atoms with E-state index in [0.29, 0.717) is 12.6 Å². The third kappa shape index (κ3) is 2.48. The maximum Gasteiger partial charge on any atom is 0.265 e. The van der Waals surface area contributed by atoms with Gasteiger partial charge in [-0.25, -0.2) is 0 Å². The second-order valence-corrected chi connectivity index (χ2v) is 4.62. The second kappa shape index (κ2) is 5.40. The Morgan fingerprint density at radius 2 is 2.28 bits per heavy atom. The predicted molar refractivity (Wildman–Crippen MR) is 72.2 cm³/mol. The maximum absolute atomic E-state index is 11.8. The first-order valence-corrected chi connectivity index (χ1v) is 6.39. The highest BCUT2D eigenvalue weighted by molar-refractivity contribution is 5.97. The first-order valence-electron chi connectivity index (χ1n) is 6.39. The molecule has 1 amide bonds. The molecule has 2 rings (SSSR count). The molecule has 0 bridgehead atoms. The molecule has 1 aromatic rings. The number of nitrogens with zero attached hydrogens (tertiary/aromatic N) is 1. The Labute approximate surface area is 108 Å². The standard InChI is InChI=1S/C14H20N2O2/c1-4-16-12-8-11(7-10(2)15-3)5-6-13(12)18-9-14(16)17/h5-6,8,10,15H,4,7,9H2,1-3H3. The molecule has 1 aromatic carbocycles. The van der Waals surface area contributed by atoms with Crippen LogP contribution in [0.3, 0.4) is 0 Å². The number of rotatable bonds is 4. The zero-order valence-corrected chi connectivity index (χ0v) is 11.2. The van der Waals surface area contributed by atoms with E-state index in [9.17, 15) is 4.79 Å². The summed E-state index contributed by atoms with van der Waals surface area (Å²) < 4.78 is 5.45. The van der Waals surface area contributed by atoms with Crippen molar-refractivity contribution in [2.75, 3.05) is 25.1 Å². The lowest BCUT2D eigenvalue weighted by atomic mass is 10.0. The van der Waals surface area contributed by atoms with Crippen LogP contribution in [0.2, 0.25) is 0 Å². The van der Waals surface area contributed by atoms with E-state index in [4.69, 9.17) is 4.74 Å². The van der Waals surface area contributed by atoms with Crippen molar-refractivity contribution in [2.45, 2.75) is 26.3 Å². The molecule has 0 fully saturated rings. The van der Waals surface area contributed by atoms with Crippen LogP contribution in [0.15, 0.2) is 18.2 Å². The Hall–Kier alpha value is -1.55. The highest BCUT2D eigenvalue weighted by Gasteiger charge is 2.24. The summed E-state index contributed by atoms with van der Waals surface area (Å²) in [6, 6.07) is 6.50. The third-order valence-electron chi connectivity index (χ3n) is 3.32. The highest BCUT2D eigenvalue weighted by atomic mass is 16.5. The number of carbonyl (C=O) groups excluding carboxylic acids is 1. The molecule has 1 atom stereocenters. The molecular formula is C14H20N2O2. The van der Waals surface area contributed by atoms with Crippen molar-refractivity contribution in [1.82, 2.24) is 5.32 Å². The van der Waals surface area contributed by atoms with Gasteiger partial charge < -0.3 is 15.0 Å². The quantitative estimate of drug-likeness (QED) is 0.879. The smallest absolute Gasteiger partial charge is 0.265 e. The van der Waals surface area contributed by atoms with Gasteiger partial charge in [0.05, 0.1) is 5.69 Å². The van der Waals surface area contributed by atoms with Gasteiger partial charge in [0.2, 0.25) is 0 Å². The molecule has 1 heterocycles. The van der Waals surface area contributed by atoms with E-state index in [0.717, 1.165) is 17.9 Å². The first-order chi connectivity index (χ1) is 8.65.